The third-order valence-electron chi connectivity index (χ3n) is 3.48. The zero-order chi connectivity index (χ0) is 13.4. The van der Waals surface area contributed by atoms with Crippen molar-refractivity contribution in [3.8, 4) is 11.5 Å². The lowest BCUT2D eigenvalue weighted by Gasteiger charge is -2.08. The first kappa shape index (κ1) is 12.3. The smallest absolute Gasteiger partial charge is 0.163 e. The van der Waals surface area contributed by atoms with Crippen molar-refractivity contribution in [2.45, 2.75) is 12.0 Å². The number of hydrogen-bond acceptors (Lipinski definition) is 5. The zero-order valence-electron chi connectivity index (χ0n) is 11.0. The van der Waals surface area contributed by atoms with Gasteiger partial charge in [0.05, 0.1) is 44.4 Å². The van der Waals surface area contributed by atoms with Crippen molar-refractivity contribution in [3.05, 3.63) is 18.0 Å². The molecule has 2 unspecified atom stereocenters. The van der Waals surface area contributed by atoms with Gasteiger partial charge in [-0.25, -0.2) is 4.98 Å². The van der Waals surface area contributed by atoms with Crippen LogP contribution in [-0.4, -0.2) is 43.4 Å². The summed E-state index contributed by atoms with van der Waals surface area (Å²) in [4.78, 5) is 7.87. The molecule has 0 spiro atoms. The van der Waals surface area contributed by atoms with Gasteiger partial charge < -0.3 is 24.9 Å². The first-order valence-electron chi connectivity index (χ1n) is 6.18. The van der Waals surface area contributed by atoms with Gasteiger partial charge in [-0.05, 0) is 0 Å². The Kier molecular flexibility index (Phi) is 3.04. The second-order valence-electron chi connectivity index (χ2n) is 4.65. The number of benzene rings is 1. The first-order valence-corrected chi connectivity index (χ1v) is 6.18. The van der Waals surface area contributed by atoms with Gasteiger partial charge in [-0.3, -0.25) is 0 Å². The predicted molar refractivity (Wildman–Crippen MR) is 70.7 cm³/mol. The number of fused-ring (bicyclic) bond motifs is 1. The van der Waals surface area contributed by atoms with Crippen LogP contribution in [0.5, 0.6) is 11.5 Å². The molecule has 2 heterocycles. The van der Waals surface area contributed by atoms with E-state index < -0.39 is 0 Å². The number of H-pyrrole nitrogens is 1. The van der Waals surface area contributed by atoms with E-state index in [4.69, 9.17) is 19.9 Å². The van der Waals surface area contributed by atoms with Crippen LogP contribution >= 0.6 is 0 Å². The number of ether oxygens (including phenoxy) is 3. The Bertz CT molecular complexity index is 555. The van der Waals surface area contributed by atoms with E-state index in [1.165, 1.54) is 0 Å². The topological polar surface area (TPSA) is 82.4 Å². The van der Waals surface area contributed by atoms with E-state index in [1.54, 1.807) is 14.2 Å². The van der Waals surface area contributed by atoms with Gasteiger partial charge in [0.15, 0.2) is 11.5 Å². The number of methoxy groups -OCH3 is 2. The molecule has 6 heteroatoms. The number of aromatic amines is 1. The molecule has 1 fully saturated rings. The van der Waals surface area contributed by atoms with E-state index >= 15 is 0 Å². The molecule has 0 saturated carbocycles. The monoisotopic (exact) mass is 263 g/mol. The second kappa shape index (κ2) is 4.71. The highest BCUT2D eigenvalue weighted by Gasteiger charge is 2.29. The molecule has 1 aromatic carbocycles. The summed E-state index contributed by atoms with van der Waals surface area (Å²) in [6.45, 7) is 1.18. The standard InChI is InChI=1S/C13H17N3O3/c1-17-11-3-9-10(4-12(11)18-2)16-13(15-9)7-5-19-6-8(7)14/h3-4,7-8H,5-6,14H2,1-2H3,(H,15,16). The fraction of sp³-hybridized carbons (Fsp3) is 0.462. The molecule has 6 nitrogen and oxygen atoms in total. The molecule has 3 rings (SSSR count). The molecule has 19 heavy (non-hydrogen) atoms. The third-order valence-corrected chi connectivity index (χ3v) is 3.48. The number of nitrogens with one attached hydrogen (secondary N) is 1. The van der Waals surface area contributed by atoms with Crippen molar-refractivity contribution < 1.29 is 14.2 Å². The molecule has 2 aromatic rings. The fourth-order valence-electron chi connectivity index (χ4n) is 2.38. The molecule has 1 aromatic heterocycles. The van der Waals surface area contributed by atoms with Crippen molar-refractivity contribution >= 4 is 11.0 Å². The molecule has 1 aliphatic heterocycles. The van der Waals surface area contributed by atoms with Crippen molar-refractivity contribution in [2.24, 2.45) is 5.73 Å². The van der Waals surface area contributed by atoms with Crippen LogP contribution in [0.15, 0.2) is 12.1 Å². The molecule has 1 aliphatic rings. The molecule has 1 saturated heterocycles. The number of aromatic nitrogens is 2. The van der Waals surface area contributed by atoms with Crippen molar-refractivity contribution in [1.29, 1.82) is 0 Å². The van der Waals surface area contributed by atoms with E-state index in [-0.39, 0.29) is 12.0 Å². The molecular formula is C13H17N3O3. The molecule has 102 valence electrons. The van der Waals surface area contributed by atoms with Gasteiger partial charge in [-0.15, -0.1) is 0 Å². The van der Waals surface area contributed by atoms with Gasteiger partial charge in [0, 0.05) is 18.2 Å². The molecule has 0 aliphatic carbocycles. The summed E-state index contributed by atoms with van der Waals surface area (Å²) in [7, 11) is 3.22. The van der Waals surface area contributed by atoms with Crippen LogP contribution in [0.4, 0.5) is 0 Å². The van der Waals surface area contributed by atoms with Crippen LogP contribution in [0.25, 0.3) is 11.0 Å². The largest absolute Gasteiger partial charge is 0.493 e. The Morgan fingerprint density at radius 1 is 1.26 bits per heavy atom. The lowest BCUT2D eigenvalue weighted by Crippen LogP contribution is -2.27. The summed E-state index contributed by atoms with van der Waals surface area (Å²) >= 11 is 0. The minimum atomic E-state index is -0.00986. The predicted octanol–water partition coefficient (Wildman–Crippen LogP) is 1.02. The second-order valence-corrected chi connectivity index (χ2v) is 4.65. The molecule has 2 atom stereocenters. The first-order chi connectivity index (χ1) is 9.22. The number of nitrogens with zero attached hydrogens (tertiary/aromatic N) is 1. The Balaban J connectivity index is 2.05. The average Bonchev–Trinajstić information content (AvgIpc) is 3.01. The SMILES string of the molecule is COc1cc2nc(C3COCC3N)[nH]c2cc1OC. The molecule has 3 N–H and O–H groups in total. The van der Waals surface area contributed by atoms with Crippen LogP contribution in [0.1, 0.15) is 11.7 Å². The van der Waals surface area contributed by atoms with E-state index in [1.807, 2.05) is 12.1 Å². The van der Waals surface area contributed by atoms with E-state index in [0.29, 0.717) is 24.7 Å². The Morgan fingerprint density at radius 3 is 2.63 bits per heavy atom. The summed E-state index contributed by atoms with van der Waals surface area (Å²) in [6.07, 6.45) is 0. The summed E-state index contributed by atoms with van der Waals surface area (Å²) in [5, 5.41) is 0. The highest BCUT2D eigenvalue weighted by molar-refractivity contribution is 5.80. The van der Waals surface area contributed by atoms with Crippen LogP contribution in [0.2, 0.25) is 0 Å². The summed E-state index contributed by atoms with van der Waals surface area (Å²) in [5.74, 6) is 2.32. The highest BCUT2D eigenvalue weighted by Crippen LogP contribution is 2.32. The lowest BCUT2D eigenvalue weighted by atomic mass is 10.0. The lowest BCUT2D eigenvalue weighted by molar-refractivity contribution is 0.190. The van der Waals surface area contributed by atoms with Gasteiger partial charge in [0.25, 0.3) is 0 Å². The third kappa shape index (κ3) is 2.02. The van der Waals surface area contributed by atoms with E-state index in [2.05, 4.69) is 9.97 Å². The maximum absolute atomic E-state index is 6.01. The molecule has 0 amide bonds. The van der Waals surface area contributed by atoms with Crippen LogP contribution in [0, 0.1) is 0 Å². The van der Waals surface area contributed by atoms with E-state index in [0.717, 1.165) is 16.9 Å². The van der Waals surface area contributed by atoms with Crippen molar-refractivity contribution in [1.82, 2.24) is 9.97 Å². The summed E-state index contributed by atoms with van der Waals surface area (Å²) in [6, 6.07) is 3.73. The van der Waals surface area contributed by atoms with E-state index in [9.17, 15) is 0 Å². The van der Waals surface area contributed by atoms with Gasteiger partial charge in [0.2, 0.25) is 0 Å². The maximum Gasteiger partial charge on any atom is 0.163 e. The highest BCUT2D eigenvalue weighted by atomic mass is 16.5. The minimum absolute atomic E-state index is 0.00986. The average molecular weight is 263 g/mol. The van der Waals surface area contributed by atoms with Crippen molar-refractivity contribution in [3.63, 3.8) is 0 Å². The minimum Gasteiger partial charge on any atom is -0.493 e. The number of hydrogen-bond donors (Lipinski definition) is 2. The van der Waals surface area contributed by atoms with Crippen molar-refractivity contribution in [2.75, 3.05) is 27.4 Å². The summed E-state index contributed by atoms with van der Waals surface area (Å²) in [5.41, 5.74) is 7.76. The molecular weight excluding hydrogens is 246 g/mol. The number of imidazole rings is 1. The van der Waals surface area contributed by atoms with Crippen LogP contribution < -0.4 is 15.2 Å². The number of rotatable bonds is 3. The van der Waals surface area contributed by atoms with Gasteiger partial charge in [0.1, 0.15) is 5.82 Å². The maximum atomic E-state index is 6.01. The van der Waals surface area contributed by atoms with Gasteiger partial charge in [-0.2, -0.15) is 0 Å². The molecule has 0 radical (unpaired) electrons. The van der Waals surface area contributed by atoms with Crippen LogP contribution in [-0.2, 0) is 4.74 Å². The Morgan fingerprint density at radius 2 is 2.00 bits per heavy atom. The Hall–Kier alpha value is -1.79. The van der Waals surface area contributed by atoms with Gasteiger partial charge in [-0.1, -0.05) is 0 Å². The Labute approximate surface area is 110 Å². The normalized spacial score (nSPS) is 22.9. The quantitative estimate of drug-likeness (QED) is 0.864. The van der Waals surface area contributed by atoms with Crippen LogP contribution in [0.3, 0.4) is 0 Å². The summed E-state index contributed by atoms with van der Waals surface area (Å²) < 4.78 is 15.9. The fourth-order valence-corrected chi connectivity index (χ4v) is 2.38. The zero-order valence-corrected chi connectivity index (χ0v) is 11.0. The number of nitrogens with two attached hydrogens (primary N) is 1. The molecule has 0 bridgehead atoms. The van der Waals surface area contributed by atoms with Gasteiger partial charge >= 0.3 is 0 Å².